The van der Waals surface area contributed by atoms with E-state index >= 15 is 0 Å². The highest BCUT2D eigenvalue weighted by Crippen LogP contribution is 2.19. The maximum absolute atomic E-state index is 11.0. The van der Waals surface area contributed by atoms with Crippen molar-refractivity contribution >= 4 is 17.3 Å². The van der Waals surface area contributed by atoms with Crippen LogP contribution >= 0.6 is 0 Å². The summed E-state index contributed by atoms with van der Waals surface area (Å²) in [6.45, 7) is 15.2. The summed E-state index contributed by atoms with van der Waals surface area (Å²) in [7, 11) is 0. The second kappa shape index (κ2) is 19.6. The Morgan fingerprint density at radius 1 is 1.34 bits per heavy atom. The predicted octanol–water partition coefficient (Wildman–Crippen LogP) is 6.35. The third-order valence-corrected chi connectivity index (χ3v) is 3.38. The fraction of sp³-hybridized carbons (Fsp3) is 0.391. The molecule has 158 valence electrons. The first-order valence-electron chi connectivity index (χ1n) is 9.69. The molecule has 0 unspecified atom stereocenters. The Morgan fingerprint density at radius 3 is 2.41 bits per heavy atom. The Bertz CT molecular complexity index is 686. The molecule has 6 nitrogen and oxygen atoms in total. The normalized spacial score (nSPS) is 9.86. The molecule has 6 heteroatoms. The van der Waals surface area contributed by atoms with Gasteiger partial charge in [-0.25, -0.2) is 5.53 Å². The van der Waals surface area contributed by atoms with E-state index in [0.29, 0.717) is 12.2 Å². The number of nitrogens with zero attached hydrogens (tertiary/aromatic N) is 3. The van der Waals surface area contributed by atoms with Crippen LogP contribution in [-0.4, -0.2) is 25.7 Å². The van der Waals surface area contributed by atoms with Gasteiger partial charge in [-0.1, -0.05) is 50.3 Å². The van der Waals surface area contributed by atoms with Gasteiger partial charge in [0.15, 0.2) is 0 Å². The standard InChI is InChI=1S/C13H16N4O2.C8H12.C2H6/c1-2-17(9-10-19-13(18)7-8-14)12-5-3-11(16-15)4-6-12;1-4-6-8(3)7-5-2;1-2/h3-6,15H,2,7,9-10H2,1H3;4-7H,1H2,2-3H3;1-2H3/b;7-5-,8-6-;. The number of anilines is 1. The van der Waals surface area contributed by atoms with Crippen molar-refractivity contribution in [2.24, 2.45) is 5.11 Å². The zero-order valence-electron chi connectivity index (χ0n) is 18.3. The summed E-state index contributed by atoms with van der Waals surface area (Å²) >= 11 is 0. The molecule has 0 heterocycles. The summed E-state index contributed by atoms with van der Waals surface area (Å²) in [6, 6.07) is 9.00. The number of hydrogen-bond acceptors (Lipinski definition) is 6. The molecule has 29 heavy (non-hydrogen) atoms. The third kappa shape index (κ3) is 14.5. The number of esters is 1. The Labute approximate surface area is 175 Å². The van der Waals surface area contributed by atoms with Crippen molar-refractivity contribution in [2.75, 3.05) is 24.6 Å². The second-order valence-electron chi connectivity index (χ2n) is 5.41. The molecule has 0 fully saturated rings. The van der Waals surface area contributed by atoms with Gasteiger partial charge < -0.3 is 9.64 Å². The average molecular weight is 399 g/mol. The summed E-state index contributed by atoms with van der Waals surface area (Å²) in [5.41, 5.74) is 9.71. The smallest absolute Gasteiger partial charge is 0.320 e. The Hall–Kier alpha value is -3.20. The molecular weight excluding hydrogens is 364 g/mol. The molecule has 1 aromatic rings. The third-order valence-electron chi connectivity index (χ3n) is 3.38. The molecule has 0 bridgehead atoms. The number of nitrogens with one attached hydrogen (secondary N) is 1. The van der Waals surface area contributed by atoms with Crippen LogP contribution in [0.15, 0.2) is 65.8 Å². The van der Waals surface area contributed by atoms with E-state index in [4.69, 9.17) is 15.5 Å². The van der Waals surface area contributed by atoms with Gasteiger partial charge in [-0.2, -0.15) is 10.4 Å². The highest BCUT2D eigenvalue weighted by Gasteiger charge is 2.06. The van der Waals surface area contributed by atoms with Gasteiger partial charge in [0.25, 0.3) is 0 Å². The Kier molecular flexibility index (Phi) is 18.9. The first kappa shape index (κ1) is 28.0. The van der Waals surface area contributed by atoms with Gasteiger partial charge in [-0.3, -0.25) is 4.79 Å². The fourth-order valence-corrected chi connectivity index (χ4v) is 2.10. The van der Waals surface area contributed by atoms with Crippen LogP contribution in [0.25, 0.3) is 0 Å². The summed E-state index contributed by atoms with van der Waals surface area (Å²) in [4.78, 5) is 13.1. The van der Waals surface area contributed by atoms with E-state index in [9.17, 15) is 4.79 Å². The number of carbonyl (C=O) groups excluding carboxylic acids is 1. The van der Waals surface area contributed by atoms with E-state index in [0.717, 1.165) is 12.2 Å². The lowest BCUT2D eigenvalue weighted by Crippen LogP contribution is -2.27. The summed E-state index contributed by atoms with van der Waals surface area (Å²) < 4.78 is 4.93. The molecule has 0 aromatic heterocycles. The van der Waals surface area contributed by atoms with E-state index in [-0.39, 0.29) is 13.0 Å². The van der Waals surface area contributed by atoms with Crippen LogP contribution < -0.4 is 4.90 Å². The zero-order valence-corrected chi connectivity index (χ0v) is 18.3. The van der Waals surface area contributed by atoms with Gasteiger partial charge >= 0.3 is 5.97 Å². The summed E-state index contributed by atoms with van der Waals surface area (Å²) in [6.07, 6.45) is 7.60. The highest BCUT2D eigenvalue weighted by molar-refractivity contribution is 5.71. The number of allylic oxidation sites excluding steroid dienone is 5. The van der Waals surface area contributed by atoms with Crippen LogP contribution in [0.3, 0.4) is 0 Å². The highest BCUT2D eigenvalue weighted by atomic mass is 16.5. The van der Waals surface area contributed by atoms with Crippen molar-refractivity contribution in [2.45, 2.75) is 41.0 Å². The lowest BCUT2D eigenvalue weighted by atomic mass is 10.2. The minimum absolute atomic E-state index is 0.216. The predicted molar refractivity (Wildman–Crippen MR) is 120 cm³/mol. The lowest BCUT2D eigenvalue weighted by Gasteiger charge is -2.22. The quantitative estimate of drug-likeness (QED) is 0.298. The molecule has 1 N–H and O–H groups in total. The molecule has 0 amide bonds. The van der Waals surface area contributed by atoms with E-state index < -0.39 is 5.97 Å². The lowest BCUT2D eigenvalue weighted by molar-refractivity contribution is -0.142. The van der Waals surface area contributed by atoms with E-state index in [1.165, 1.54) is 5.57 Å². The first-order chi connectivity index (χ1) is 14.0. The number of benzene rings is 1. The van der Waals surface area contributed by atoms with Crippen LogP contribution in [0.5, 0.6) is 0 Å². The van der Waals surface area contributed by atoms with Crippen LogP contribution in [0.2, 0.25) is 0 Å². The van der Waals surface area contributed by atoms with E-state index in [1.807, 2.05) is 69.9 Å². The van der Waals surface area contributed by atoms with Crippen LogP contribution in [0, 0.1) is 16.9 Å². The maximum Gasteiger partial charge on any atom is 0.320 e. The monoisotopic (exact) mass is 398 g/mol. The van der Waals surface area contributed by atoms with Gasteiger partial charge in [0.2, 0.25) is 0 Å². The average Bonchev–Trinajstić information content (AvgIpc) is 2.74. The fourth-order valence-electron chi connectivity index (χ4n) is 2.10. The summed E-state index contributed by atoms with van der Waals surface area (Å²) in [5.74, 6) is -0.498. The Morgan fingerprint density at radius 2 is 1.97 bits per heavy atom. The number of nitriles is 1. The molecule has 0 spiro atoms. The van der Waals surface area contributed by atoms with Gasteiger partial charge in [0, 0.05) is 12.2 Å². The Balaban J connectivity index is 0. The second-order valence-corrected chi connectivity index (χ2v) is 5.41. The molecule has 0 aliphatic heterocycles. The van der Waals surface area contributed by atoms with Crippen LogP contribution in [-0.2, 0) is 9.53 Å². The molecule has 0 atom stereocenters. The van der Waals surface area contributed by atoms with Gasteiger partial charge in [-0.05, 0) is 45.0 Å². The van der Waals surface area contributed by atoms with Crippen LogP contribution in [0.4, 0.5) is 11.4 Å². The number of hydrogen-bond donors (Lipinski definition) is 1. The van der Waals surface area contributed by atoms with E-state index in [2.05, 4.69) is 11.7 Å². The number of likely N-dealkylation sites (N-methyl/N-ethyl adjacent to an activating group) is 1. The molecule has 0 aliphatic rings. The van der Waals surface area contributed by atoms with Crippen molar-refractivity contribution in [3.05, 3.63) is 60.7 Å². The number of ether oxygens (including phenoxy) is 1. The molecule has 1 aromatic carbocycles. The van der Waals surface area contributed by atoms with Crippen LogP contribution in [0.1, 0.15) is 41.0 Å². The van der Waals surface area contributed by atoms with Gasteiger partial charge in [-0.15, -0.1) is 0 Å². The molecule has 0 saturated carbocycles. The SMILES string of the molecule is C=C/C=C(C)\C=C/C.CC.CCN(CCOC(=O)CC#N)c1ccc(N=N)cc1. The molecule has 0 aliphatic carbocycles. The molecule has 0 saturated heterocycles. The van der Waals surface area contributed by atoms with Gasteiger partial charge in [0.1, 0.15) is 13.0 Å². The van der Waals surface area contributed by atoms with E-state index in [1.54, 1.807) is 24.3 Å². The van der Waals surface area contributed by atoms with Crippen molar-refractivity contribution in [3.8, 4) is 6.07 Å². The van der Waals surface area contributed by atoms with Crippen molar-refractivity contribution in [1.29, 1.82) is 10.8 Å². The zero-order chi connectivity index (χ0) is 22.5. The summed E-state index contributed by atoms with van der Waals surface area (Å²) in [5, 5.41) is 11.7. The molecular formula is C23H34N4O2. The first-order valence-corrected chi connectivity index (χ1v) is 9.69. The number of rotatable bonds is 9. The maximum atomic E-state index is 11.0. The molecule has 1 rings (SSSR count). The van der Waals surface area contributed by atoms with Gasteiger partial charge in [0.05, 0.1) is 18.3 Å². The topological polar surface area (TPSA) is 89.5 Å². The largest absolute Gasteiger partial charge is 0.463 e. The minimum atomic E-state index is -0.498. The minimum Gasteiger partial charge on any atom is -0.463 e. The van der Waals surface area contributed by atoms with Crippen molar-refractivity contribution < 1.29 is 9.53 Å². The number of carbonyl (C=O) groups is 1. The van der Waals surface area contributed by atoms with Crippen molar-refractivity contribution in [1.82, 2.24) is 0 Å². The molecule has 0 radical (unpaired) electrons. The van der Waals surface area contributed by atoms with Crippen molar-refractivity contribution in [3.63, 3.8) is 0 Å².